The Balaban J connectivity index is 3.68. The third kappa shape index (κ3) is 1.64. The van der Waals surface area contributed by atoms with E-state index in [0.717, 1.165) is 0 Å². The highest BCUT2D eigenvalue weighted by Crippen LogP contribution is 1.86. The molecule has 0 aromatic heterocycles. The van der Waals surface area contributed by atoms with Crippen molar-refractivity contribution < 1.29 is 5.11 Å². The number of aliphatic hydroxyl groups is 1. The number of nitrogens with two attached hydrogens (primary N) is 1. The predicted molar refractivity (Wildman–Crippen MR) is 25.2 cm³/mol. The van der Waals surface area contributed by atoms with E-state index in [1.807, 2.05) is 0 Å². The van der Waals surface area contributed by atoms with E-state index < -0.39 is 0 Å². The predicted octanol–water partition coefficient (Wildman–Crippen LogP) is 0.755. The summed E-state index contributed by atoms with van der Waals surface area (Å²) in [7, 11) is 0. The molecule has 0 fully saturated rings. The Labute approximate surface area is 37.3 Å². The number of hydrogen-bond donors (Lipinski definition) is 2. The second kappa shape index (κ2) is 1.70. The molecule has 0 aliphatic rings. The lowest BCUT2D eigenvalue weighted by atomic mass is 10.4. The van der Waals surface area contributed by atoms with Gasteiger partial charge in [0.05, 0.1) is 0 Å². The van der Waals surface area contributed by atoms with Gasteiger partial charge in [-0.15, -0.1) is 0 Å². The summed E-state index contributed by atoms with van der Waals surface area (Å²) in [6.45, 7) is 3.20. The smallest absolute Gasteiger partial charge is 0.107 e. The normalized spacial score (nSPS) is 13.7. The largest absolute Gasteiger partial charge is 0.511 e. The van der Waals surface area contributed by atoms with Crippen LogP contribution in [-0.4, -0.2) is 5.11 Å². The van der Waals surface area contributed by atoms with Gasteiger partial charge in [0.15, 0.2) is 0 Å². The molecule has 0 bridgehead atoms. The molecule has 36 valence electrons. The van der Waals surface area contributed by atoms with Crippen molar-refractivity contribution >= 4 is 0 Å². The van der Waals surface area contributed by atoms with E-state index in [2.05, 4.69) is 0 Å². The zero-order valence-electron chi connectivity index (χ0n) is 4.02. The molecular formula is C4H9NO. The molecule has 2 heteroatoms. The minimum atomic E-state index is 0.204. The van der Waals surface area contributed by atoms with Crippen molar-refractivity contribution in [3.05, 3.63) is 11.5 Å². The first kappa shape index (κ1) is 5.34. The van der Waals surface area contributed by atoms with Gasteiger partial charge < -0.3 is 10.8 Å². The van der Waals surface area contributed by atoms with Gasteiger partial charge in [-0.25, -0.2) is 0 Å². The van der Waals surface area contributed by atoms with Crippen molar-refractivity contribution in [2.45, 2.75) is 13.8 Å². The maximum Gasteiger partial charge on any atom is 0.107 e. The van der Waals surface area contributed by atoms with E-state index in [1.54, 1.807) is 13.8 Å². The molecule has 0 unspecified atom stereocenters. The van der Waals surface area contributed by atoms with Gasteiger partial charge in [0.1, 0.15) is 5.76 Å². The molecule has 0 radical (unpaired) electrons. The molecule has 0 spiro atoms. The van der Waals surface area contributed by atoms with Crippen LogP contribution in [0.4, 0.5) is 0 Å². The van der Waals surface area contributed by atoms with Crippen LogP contribution in [0.1, 0.15) is 13.8 Å². The van der Waals surface area contributed by atoms with Crippen molar-refractivity contribution in [3.8, 4) is 0 Å². The zero-order chi connectivity index (χ0) is 5.15. The number of hydrogen-bond acceptors (Lipinski definition) is 2. The molecule has 0 saturated heterocycles. The average molecular weight is 87.1 g/mol. The number of allylic oxidation sites excluding steroid dienone is 2. The summed E-state index contributed by atoms with van der Waals surface area (Å²) < 4.78 is 0. The SMILES string of the molecule is CC(N)=C(C)O. The summed E-state index contributed by atoms with van der Waals surface area (Å²) in [4.78, 5) is 0. The Bertz CT molecular complexity index is 57.6. The first-order valence-electron chi connectivity index (χ1n) is 1.76. The highest BCUT2D eigenvalue weighted by atomic mass is 16.3. The molecule has 6 heavy (non-hydrogen) atoms. The summed E-state index contributed by atoms with van der Waals surface area (Å²) in [6, 6.07) is 0. The first-order valence-corrected chi connectivity index (χ1v) is 1.76. The van der Waals surface area contributed by atoms with Gasteiger partial charge in [-0.1, -0.05) is 0 Å². The Morgan fingerprint density at radius 3 is 1.67 bits per heavy atom. The van der Waals surface area contributed by atoms with Crippen LogP contribution in [0, 0.1) is 0 Å². The van der Waals surface area contributed by atoms with E-state index in [1.165, 1.54) is 0 Å². The molecule has 0 aromatic rings. The molecular weight excluding hydrogens is 78.0 g/mol. The van der Waals surface area contributed by atoms with Crippen molar-refractivity contribution in [1.29, 1.82) is 0 Å². The Kier molecular flexibility index (Phi) is 1.51. The molecule has 0 rings (SSSR count). The minimum Gasteiger partial charge on any atom is -0.511 e. The van der Waals surface area contributed by atoms with Gasteiger partial charge in [-0.05, 0) is 13.8 Å². The maximum absolute atomic E-state index is 8.38. The first-order chi connectivity index (χ1) is 2.64. The summed E-state index contributed by atoms with van der Waals surface area (Å²) in [5, 5.41) is 8.38. The summed E-state index contributed by atoms with van der Waals surface area (Å²) in [6.07, 6.45) is 0. The topological polar surface area (TPSA) is 46.2 Å². The van der Waals surface area contributed by atoms with Gasteiger partial charge >= 0.3 is 0 Å². The van der Waals surface area contributed by atoms with Crippen LogP contribution >= 0.6 is 0 Å². The van der Waals surface area contributed by atoms with Crippen LogP contribution in [0.5, 0.6) is 0 Å². The average Bonchev–Trinajstić information content (AvgIpc) is 1.36. The van der Waals surface area contributed by atoms with Gasteiger partial charge in [0.25, 0.3) is 0 Å². The molecule has 0 aromatic carbocycles. The third-order valence-electron chi connectivity index (χ3n) is 0.571. The van der Waals surface area contributed by atoms with E-state index in [0.29, 0.717) is 5.70 Å². The molecule has 0 amide bonds. The van der Waals surface area contributed by atoms with Gasteiger partial charge in [0, 0.05) is 5.70 Å². The quantitative estimate of drug-likeness (QED) is 0.428. The molecule has 0 aliphatic heterocycles. The van der Waals surface area contributed by atoms with Crippen LogP contribution in [0.15, 0.2) is 11.5 Å². The van der Waals surface area contributed by atoms with E-state index in [9.17, 15) is 0 Å². The van der Waals surface area contributed by atoms with Crippen LogP contribution in [-0.2, 0) is 0 Å². The summed E-state index contributed by atoms with van der Waals surface area (Å²) in [5.74, 6) is 0.204. The second-order valence-corrected chi connectivity index (χ2v) is 1.27. The lowest BCUT2D eigenvalue weighted by Gasteiger charge is -1.87. The molecule has 0 heterocycles. The standard InChI is InChI=1S/C4H9NO/c1-3(5)4(2)6/h6H,5H2,1-2H3. The minimum absolute atomic E-state index is 0.204. The number of rotatable bonds is 0. The van der Waals surface area contributed by atoms with Crippen molar-refractivity contribution in [3.63, 3.8) is 0 Å². The fourth-order valence-electron chi connectivity index (χ4n) is 0. The molecule has 0 atom stereocenters. The highest BCUT2D eigenvalue weighted by Gasteiger charge is 1.79. The van der Waals surface area contributed by atoms with Crippen LogP contribution in [0.2, 0.25) is 0 Å². The van der Waals surface area contributed by atoms with Gasteiger partial charge in [0.2, 0.25) is 0 Å². The molecule has 3 N–H and O–H groups in total. The van der Waals surface area contributed by atoms with Gasteiger partial charge in [-0.3, -0.25) is 0 Å². The Hall–Kier alpha value is -0.660. The summed E-state index contributed by atoms with van der Waals surface area (Å²) in [5.41, 5.74) is 5.55. The second-order valence-electron chi connectivity index (χ2n) is 1.27. The molecule has 2 nitrogen and oxygen atoms in total. The van der Waals surface area contributed by atoms with Crippen LogP contribution in [0.25, 0.3) is 0 Å². The molecule has 0 saturated carbocycles. The fraction of sp³-hybridized carbons (Fsp3) is 0.500. The van der Waals surface area contributed by atoms with E-state index >= 15 is 0 Å². The lowest BCUT2D eigenvalue weighted by molar-refractivity contribution is 0.406. The summed E-state index contributed by atoms with van der Waals surface area (Å²) >= 11 is 0. The fourth-order valence-corrected chi connectivity index (χ4v) is 0. The van der Waals surface area contributed by atoms with E-state index in [4.69, 9.17) is 10.8 Å². The van der Waals surface area contributed by atoms with Crippen LogP contribution < -0.4 is 5.73 Å². The van der Waals surface area contributed by atoms with Crippen molar-refractivity contribution in [1.82, 2.24) is 0 Å². The Morgan fingerprint density at radius 1 is 1.50 bits per heavy atom. The third-order valence-corrected chi connectivity index (χ3v) is 0.571. The van der Waals surface area contributed by atoms with Crippen LogP contribution in [0.3, 0.4) is 0 Å². The van der Waals surface area contributed by atoms with E-state index in [-0.39, 0.29) is 5.76 Å². The number of aliphatic hydroxyl groups excluding tert-OH is 1. The lowest BCUT2D eigenvalue weighted by Crippen LogP contribution is -1.93. The van der Waals surface area contributed by atoms with Crippen molar-refractivity contribution in [2.24, 2.45) is 5.73 Å². The molecule has 0 aliphatic carbocycles. The maximum atomic E-state index is 8.38. The van der Waals surface area contributed by atoms with Crippen molar-refractivity contribution in [2.75, 3.05) is 0 Å². The van der Waals surface area contributed by atoms with Gasteiger partial charge in [-0.2, -0.15) is 0 Å². The monoisotopic (exact) mass is 87.1 g/mol. The Morgan fingerprint density at radius 2 is 1.67 bits per heavy atom. The zero-order valence-corrected chi connectivity index (χ0v) is 4.02. The highest BCUT2D eigenvalue weighted by molar-refractivity contribution is 4.94.